The van der Waals surface area contributed by atoms with Crippen LogP contribution in [0.1, 0.15) is 11.1 Å². The highest BCUT2D eigenvalue weighted by Crippen LogP contribution is 2.21. The molecule has 4 nitrogen and oxygen atoms in total. The van der Waals surface area contributed by atoms with Crippen LogP contribution in [0.15, 0.2) is 42.5 Å². The van der Waals surface area contributed by atoms with Crippen molar-refractivity contribution in [3.05, 3.63) is 58.6 Å². The lowest BCUT2D eigenvalue weighted by molar-refractivity contribution is -0.119. The van der Waals surface area contributed by atoms with Gasteiger partial charge in [0.1, 0.15) is 5.75 Å². The summed E-state index contributed by atoms with van der Waals surface area (Å²) in [5.74, 6) is 0.133. The van der Waals surface area contributed by atoms with Crippen LogP contribution in [0.25, 0.3) is 0 Å². The second kappa shape index (κ2) is 6.99. The molecular weight excluding hydrogens is 288 g/mol. The summed E-state index contributed by atoms with van der Waals surface area (Å²) < 4.78 is 5.21. The van der Waals surface area contributed by atoms with Gasteiger partial charge in [0.05, 0.1) is 0 Å². The molecule has 1 amide bonds. The summed E-state index contributed by atoms with van der Waals surface area (Å²) >= 11 is 5.99. The van der Waals surface area contributed by atoms with E-state index in [1.54, 1.807) is 0 Å². The SMILES string of the molecule is Cc1ccc(Cl)cc1NCc1ccc(OCC(N)=O)cc1. The lowest BCUT2D eigenvalue weighted by atomic mass is 10.1. The first-order valence-electron chi connectivity index (χ1n) is 6.54. The summed E-state index contributed by atoms with van der Waals surface area (Å²) in [6, 6.07) is 13.2. The van der Waals surface area contributed by atoms with Crippen LogP contribution in [-0.4, -0.2) is 12.5 Å². The number of nitrogens with two attached hydrogens (primary N) is 1. The molecule has 5 heteroatoms. The Kier molecular flexibility index (Phi) is 5.06. The zero-order valence-corrected chi connectivity index (χ0v) is 12.5. The first-order chi connectivity index (χ1) is 10.0. The molecule has 2 rings (SSSR count). The Labute approximate surface area is 128 Å². The number of hydrogen-bond donors (Lipinski definition) is 2. The molecule has 0 bridgehead atoms. The predicted octanol–water partition coefficient (Wildman–Crippen LogP) is 3.12. The van der Waals surface area contributed by atoms with E-state index in [0.717, 1.165) is 16.8 Å². The Morgan fingerprint density at radius 2 is 1.95 bits per heavy atom. The van der Waals surface area contributed by atoms with Crippen LogP contribution in [0.5, 0.6) is 5.75 Å². The highest BCUT2D eigenvalue weighted by atomic mass is 35.5. The minimum Gasteiger partial charge on any atom is -0.484 e. The van der Waals surface area contributed by atoms with Gasteiger partial charge in [-0.15, -0.1) is 0 Å². The fourth-order valence-corrected chi connectivity index (χ4v) is 2.01. The topological polar surface area (TPSA) is 64.3 Å². The van der Waals surface area contributed by atoms with Gasteiger partial charge in [-0.1, -0.05) is 29.8 Å². The minimum absolute atomic E-state index is 0.112. The molecule has 0 heterocycles. The summed E-state index contributed by atoms with van der Waals surface area (Å²) in [4.78, 5) is 10.6. The molecule has 0 saturated heterocycles. The van der Waals surface area contributed by atoms with E-state index in [2.05, 4.69) is 5.32 Å². The van der Waals surface area contributed by atoms with Crippen molar-refractivity contribution in [2.24, 2.45) is 5.73 Å². The molecule has 2 aromatic rings. The fourth-order valence-electron chi connectivity index (χ4n) is 1.84. The highest BCUT2D eigenvalue weighted by molar-refractivity contribution is 6.30. The first kappa shape index (κ1) is 15.2. The van der Waals surface area contributed by atoms with Gasteiger partial charge in [0.2, 0.25) is 0 Å². The van der Waals surface area contributed by atoms with Gasteiger partial charge in [-0.3, -0.25) is 4.79 Å². The normalized spacial score (nSPS) is 10.2. The number of aryl methyl sites for hydroxylation is 1. The van der Waals surface area contributed by atoms with Crippen molar-refractivity contribution in [1.82, 2.24) is 0 Å². The quantitative estimate of drug-likeness (QED) is 0.862. The Hall–Kier alpha value is -2.20. The summed E-state index contributed by atoms with van der Waals surface area (Å²) in [6.45, 7) is 2.59. The molecule has 0 aromatic heterocycles. The third-order valence-electron chi connectivity index (χ3n) is 2.99. The van der Waals surface area contributed by atoms with Gasteiger partial charge in [0, 0.05) is 17.3 Å². The number of anilines is 1. The number of carbonyl (C=O) groups excluding carboxylic acids is 1. The average Bonchev–Trinajstić information content (AvgIpc) is 2.47. The largest absolute Gasteiger partial charge is 0.484 e. The van der Waals surface area contributed by atoms with E-state index >= 15 is 0 Å². The van der Waals surface area contributed by atoms with Crippen LogP contribution in [0.4, 0.5) is 5.69 Å². The lowest BCUT2D eigenvalue weighted by Gasteiger charge is -2.10. The number of ether oxygens (including phenoxy) is 1. The molecule has 0 aliphatic rings. The fraction of sp³-hybridized carbons (Fsp3) is 0.188. The molecule has 2 aromatic carbocycles. The number of benzene rings is 2. The van der Waals surface area contributed by atoms with Gasteiger partial charge in [-0.25, -0.2) is 0 Å². The van der Waals surface area contributed by atoms with Crippen molar-refractivity contribution in [1.29, 1.82) is 0 Å². The van der Waals surface area contributed by atoms with Crippen LogP contribution in [0, 0.1) is 6.92 Å². The van der Waals surface area contributed by atoms with Crippen LogP contribution in [0.2, 0.25) is 5.02 Å². The zero-order valence-electron chi connectivity index (χ0n) is 11.7. The van der Waals surface area contributed by atoms with Crippen molar-refractivity contribution >= 4 is 23.2 Å². The first-order valence-corrected chi connectivity index (χ1v) is 6.92. The van der Waals surface area contributed by atoms with E-state index < -0.39 is 5.91 Å². The molecule has 0 aliphatic carbocycles. The smallest absolute Gasteiger partial charge is 0.255 e. The molecule has 0 aliphatic heterocycles. The number of nitrogens with one attached hydrogen (secondary N) is 1. The maximum absolute atomic E-state index is 10.6. The van der Waals surface area contributed by atoms with Crippen molar-refractivity contribution < 1.29 is 9.53 Å². The minimum atomic E-state index is -0.489. The number of halogens is 1. The van der Waals surface area contributed by atoms with E-state index in [9.17, 15) is 4.79 Å². The summed E-state index contributed by atoms with van der Waals surface area (Å²) in [6.07, 6.45) is 0. The Balaban J connectivity index is 1.94. The van der Waals surface area contributed by atoms with Gasteiger partial charge in [0.25, 0.3) is 5.91 Å². The van der Waals surface area contributed by atoms with Gasteiger partial charge in [0.15, 0.2) is 6.61 Å². The lowest BCUT2D eigenvalue weighted by Crippen LogP contribution is -2.19. The molecule has 3 N–H and O–H groups in total. The zero-order chi connectivity index (χ0) is 15.2. The van der Waals surface area contributed by atoms with Crippen LogP contribution in [-0.2, 0) is 11.3 Å². The predicted molar refractivity (Wildman–Crippen MR) is 84.6 cm³/mol. The number of hydrogen-bond acceptors (Lipinski definition) is 3. The van der Waals surface area contributed by atoms with E-state index in [0.29, 0.717) is 17.3 Å². The van der Waals surface area contributed by atoms with E-state index in [1.807, 2.05) is 49.4 Å². The average molecular weight is 305 g/mol. The standard InChI is InChI=1S/C16H17ClN2O2/c1-11-2-5-13(17)8-15(11)19-9-12-3-6-14(7-4-12)21-10-16(18)20/h2-8,19H,9-10H2,1H3,(H2,18,20). The van der Waals surface area contributed by atoms with E-state index in [4.69, 9.17) is 22.1 Å². The van der Waals surface area contributed by atoms with Gasteiger partial charge >= 0.3 is 0 Å². The van der Waals surface area contributed by atoms with Crippen molar-refractivity contribution in [2.75, 3.05) is 11.9 Å². The molecule has 110 valence electrons. The molecule has 0 unspecified atom stereocenters. The Bertz CT molecular complexity index is 627. The highest BCUT2D eigenvalue weighted by Gasteiger charge is 2.01. The molecular formula is C16H17ClN2O2. The van der Waals surface area contributed by atoms with Crippen molar-refractivity contribution in [3.63, 3.8) is 0 Å². The van der Waals surface area contributed by atoms with Gasteiger partial charge in [-0.05, 0) is 42.3 Å². The number of amides is 1. The third kappa shape index (κ3) is 4.68. The van der Waals surface area contributed by atoms with Gasteiger partial charge < -0.3 is 15.8 Å². The number of rotatable bonds is 6. The monoisotopic (exact) mass is 304 g/mol. The molecule has 0 atom stereocenters. The molecule has 0 spiro atoms. The van der Waals surface area contributed by atoms with Crippen LogP contribution in [0.3, 0.4) is 0 Å². The van der Waals surface area contributed by atoms with Crippen LogP contribution >= 0.6 is 11.6 Å². The molecule has 21 heavy (non-hydrogen) atoms. The summed E-state index contributed by atoms with van der Waals surface area (Å²) in [5.41, 5.74) is 8.27. The van der Waals surface area contributed by atoms with Gasteiger partial charge in [-0.2, -0.15) is 0 Å². The second-order valence-corrected chi connectivity index (χ2v) is 5.15. The maximum atomic E-state index is 10.6. The molecule has 0 radical (unpaired) electrons. The Morgan fingerprint density at radius 3 is 2.62 bits per heavy atom. The van der Waals surface area contributed by atoms with E-state index in [-0.39, 0.29) is 6.61 Å². The number of carbonyl (C=O) groups is 1. The van der Waals surface area contributed by atoms with Crippen LogP contribution < -0.4 is 15.8 Å². The molecule has 0 fully saturated rings. The third-order valence-corrected chi connectivity index (χ3v) is 3.22. The Morgan fingerprint density at radius 1 is 1.24 bits per heavy atom. The molecule has 0 saturated carbocycles. The number of primary amides is 1. The van der Waals surface area contributed by atoms with E-state index in [1.165, 1.54) is 0 Å². The summed E-state index contributed by atoms with van der Waals surface area (Å²) in [5, 5.41) is 4.05. The van der Waals surface area contributed by atoms with Crippen molar-refractivity contribution in [2.45, 2.75) is 13.5 Å². The second-order valence-electron chi connectivity index (χ2n) is 4.71. The summed E-state index contributed by atoms with van der Waals surface area (Å²) in [7, 11) is 0. The maximum Gasteiger partial charge on any atom is 0.255 e. The van der Waals surface area contributed by atoms with Crippen molar-refractivity contribution in [3.8, 4) is 5.75 Å².